The van der Waals surface area contributed by atoms with Crippen molar-refractivity contribution < 1.29 is 14.0 Å². The summed E-state index contributed by atoms with van der Waals surface area (Å²) in [5.41, 5.74) is 0. The van der Waals surface area contributed by atoms with E-state index in [-0.39, 0.29) is 12.4 Å². The topological polar surface area (TPSA) is 29.5 Å². The highest BCUT2D eigenvalue weighted by Crippen LogP contribution is 2.17. The van der Waals surface area contributed by atoms with Gasteiger partial charge in [-0.1, -0.05) is 0 Å². The number of carbonyl (C=O) groups is 1. The molecule has 66 valence electrons. The lowest BCUT2D eigenvalue weighted by molar-refractivity contribution is -0.151. The Morgan fingerprint density at radius 1 is 1.73 bits per heavy atom. The number of rotatable bonds is 1. The summed E-state index contributed by atoms with van der Waals surface area (Å²) >= 11 is 0. The van der Waals surface area contributed by atoms with Gasteiger partial charge in [-0.15, -0.1) is 22.0 Å². The highest BCUT2D eigenvalue weighted by Gasteiger charge is 2.31. The standard InChI is InChI=1S/C6H10FNO2.ClH/c1-10-6(9)5-3-2-4-8(5)7;/h5H,2-4H2,1H3;1H. The van der Waals surface area contributed by atoms with Crippen LogP contribution in [-0.4, -0.2) is 30.8 Å². The molecule has 3 nitrogen and oxygen atoms in total. The predicted octanol–water partition coefficient (Wildman–Crippen LogP) is 0.930. The Bertz CT molecular complexity index is 145. The lowest BCUT2D eigenvalue weighted by Gasteiger charge is -2.10. The van der Waals surface area contributed by atoms with Gasteiger partial charge < -0.3 is 4.74 Å². The third-order valence-electron chi connectivity index (χ3n) is 1.66. The van der Waals surface area contributed by atoms with Gasteiger partial charge in [-0.3, -0.25) is 4.79 Å². The molecule has 5 heteroatoms. The first-order valence-electron chi connectivity index (χ1n) is 3.26. The summed E-state index contributed by atoms with van der Waals surface area (Å²) in [5, 5.41) is 0.534. The molecule has 1 aliphatic heterocycles. The summed E-state index contributed by atoms with van der Waals surface area (Å²) in [6, 6.07) is -0.648. The third kappa shape index (κ3) is 2.31. The van der Waals surface area contributed by atoms with Crippen LogP contribution in [0.4, 0.5) is 4.48 Å². The minimum absolute atomic E-state index is 0. The van der Waals surface area contributed by atoms with Gasteiger partial charge >= 0.3 is 5.97 Å². The van der Waals surface area contributed by atoms with E-state index in [1.165, 1.54) is 7.11 Å². The highest BCUT2D eigenvalue weighted by molar-refractivity contribution is 5.85. The molecular formula is C6H11ClFNO2. The van der Waals surface area contributed by atoms with Crippen molar-refractivity contribution >= 4 is 18.4 Å². The van der Waals surface area contributed by atoms with E-state index in [4.69, 9.17) is 0 Å². The summed E-state index contributed by atoms with van der Waals surface area (Å²) in [6.07, 6.45) is 1.31. The predicted molar refractivity (Wildman–Crippen MR) is 40.1 cm³/mol. The highest BCUT2D eigenvalue weighted by atomic mass is 35.5. The quantitative estimate of drug-likeness (QED) is 0.448. The average Bonchev–Trinajstić information content (AvgIpc) is 2.34. The molecule has 1 aliphatic rings. The second kappa shape index (κ2) is 4.51. The van der Waals surface area contributed by atoms with Crippen molar-refractivity contribution in [3.05, 3.63) is 0 Å². The van der Waals surface area contributed by atoms with Gasteiger partial charge in [0.15, 0.2) is 0 Å². The molecule has 1 atom stereocenters. The lowest BCUT2D eigenvalue weighted by atomic mass is 10.2. The maximum absolute atomic E-state index is 12.6. The van der Waals surface area contributed by atoms with Gasteiger partial charge in [-0.25, -0.2) is 0 Å². The van der Waals surface area contributed by atoms with Crippen molar-refractivity contribution in [3.63, 3.8) is 0 Å². The molecule has 0 aromatic rings. The SMILES string of the molecule is COC(=O)C1CCCN1F.Cl. The van der Waals surface area contributed by atoms with E-state index in [0.29, 0.717) is 18.1 Å². The van der Waals surface area contributed by atoms with Crippen LogP contribution in [0.25, 0.3) is 0 Å². The molecule has 0 amide bonds. The van der Waals surface area contributed by atoms with Crippen LogP contribution in [0.1, 0.15) is 12.8 Å². The molecule has 1 fully saturated rings. The zero-order valence-electron chi connectivity index (χ0n) is 6.25. The molecule has 0 radical (unpaired) electrons. The number of hydrogen-bond acceptors (Lipinski definition) is 3. The summed E-state index contributed by atoms with van der Waals surface area (Å²) in [6.45, 7) is 0.347. The zero-order chi connectivity index (χ0) is 7.56. The van der Waals surface area contributed by atoms with Gasteiger partial charge in [0.05, 0.1) is 7.11 Å². The van der Waals surface area contributed by atoms with E-state index in [2.05, 4.69) is 4.74 Å². The van der Waals surface area contributed by atoms with E-state index in [0.717, 1.165) is 6.42 Å². The molecule has 0 aromatic heterocycles. The van der Waals surface area contributed by atoms with E-state index in [9.17, 15) is 9.28 Å². The van der Waals surface area contributed by atoms with Crippen molar-refractivity contribution in [1.82, 2.24) is 5.12 Å². The van der Waals surface area contributed by atoms with Gasteiger partial charge in [0.1, 0.15) is 6.04 Å². The zero-order valence-corrected chi connectivity index (χ0v) is 7.07. The number of carbonyl (C=O) groups excluding carboxylic acids is 1. The van der Waals surface area contributed by atoms with Crippen molar-refractivity contribution in [2.24, 2.45) is 0 Å². The Hall–Kier alpha value is -0.350. The maximum Gasteiger partial charge on any atom is 0.325 e. The average molecular weight is 184 g/mol. The minimum Gasteiger partial charge on any atom is -0.468 e. The van der Waals surface area contributed by atoms with E-state index in [1.54, 1.807) is 0 Å². The van der Waals surface area contributed by atoms with E-state index < -0.39 is 12.0 Å². The van der Waals surface area contributed by atoms with E-state index >= 15 is 0 Å². The smallest absolute Gasteiger partial charge is 0.325 e. The molecular weight excluding hydrogens is 173 g/mol. The molecule has 0 saturated carbocycles. The van der Waals surface area contributed by atoms with Crippen LogP contribution in [0.2, 0.25) is 0 Å². The van der Waals surface area contributed by atoms with Crippen LogP contribution in [0, 0.1) is 0 Å². The van der Waals surface area contributed by atoms with Gasteiger partial charge in [0, 0.05) is 6.54 Å². The Morgan fingerprint density at radius 3 is 2.73 bits per heavy atom. The van der Waals surface area contributed by atoms with E-state index in [1.807, 2.05) is 0 Å². The first kappa shape index (κ1) is 10.7. The number of nitrogens with zero attached hydrogens (tertiary/aromatic N) is 1. The number of methoxy groups -OCH3 is 1. The van der Waals surface area contributed by atoms with Crippen molar-refractivity contribution in [3.8, 4) is 0 Å². The number of hydrogen-bond donors (Lipinski definition) is 0. The van der Waals surface area contributed by atoms with Crippen LogP contribution < -0.4 is 0 Å². The monoisotopic (exact) mass is 183 g/mol. The molecule has 1 saturated heterocycles. The van der Waals surface area contributed by atoms with Gasteiger partial charge in [-0.05, 0) is 12.8 Å². The minimum atomic E-state index is -0.648. The molecule has 0 spiro atoms. The summed E-state index contributed by atoms with van der Waals surface area (Å²) in [5.74, 6) is -0.472. The molecule has 11 heavy (non-hydrogen) atoms. The second-order valence-corrected chi connectivity index (χ2v) is 2.30. The second-order valence-electron chi connectivity index (χ2n) is 2.30. The fraction of sp³-hybridized carbons (Fsp3) is 0.833. The molecule has 0 aliphatic carbocycles. The summed E-state index contributed by atoms with van der Waals surface area (Å²) < 4.78 is 16.9. The molecule has 1 rings (SSSR count). The van der Waals surface area contributed by atoms with Crippen LogP contribution in [-0.2, 0) is 9.53 Å². The normalized spacial score (nSPS) is 24.4. The Labute approximate surface area is 70.8 Å². The van der Waals surface area contributed by atoms with Crippen molar-refractivity contribution in [1.29, 1.82) is 0 Å². The third-order valence-corrected chi connectivity index (χ3v) is 1.66. The number of ether oxygens (including phenoxy) is 1. The van der Waals surface area contributed by atoms with Crippen LogP contribution in [0.5, 0.6) is 0 Å². The summed E-state index contributed by atoms with van der Waals surface area (Å²) in [7, 11) is 1.27. The van der Waals surface area contributed by atoms with Crippen LogP contribution in [0.3, 0.4) is 0 Å². The maximum atomic E-state index is 12.6. The summed E-state index contributed by atoms with van der Waals surface area (Å²) in [4.78, 5) is 10.7. The molecule has 0 aromatic carbocycles. The number of esters is 1. The van der Waals surface area contributed by atoms with Gasteiger partial charge in [0.25, 0.3) is 0 Å². The van der Waals surface area contributed by atoms with Gasteiger partial charge in [-0.2, -0.15) is 0 Å². The van der Waals surface area contributed by atoms with Gasteiger partial charge in [0.2, 0.25) is 0 Å². The molecule has 1 heterocycles. The molecule has 0 bridgehead atoms. The van der Waals surface area contributed by atoms with Crippen LogP contribution >= 0.6 is 12.4 Å². The molecule has 0 N–H and O–H groups in total. The lowest BCUT2D eigenvalue weighted by Crippen LogP contribution is -2.30. The van der Waals surface area contributed by atoms with Crippen LogP contribution in [0.15, 0.2) is 0 Å². The molecule has 1 unspecified atom stereocenters. The number of halogens is 2. The Morgan fingerprint density at radius 2 is 2.36 bits per heavy atom. The Kier molecular flexibility index (Phi) is 4.37. The van der Waals surface area contributed by atoms with Crippen molar-refractivity contribution in [2.45, 2.75) is 18.9 Å². The fourth-order valence-corrected chi connectivity index (χ4v) is 1.10. The Balaban J connectivity index is 0.000001000. The largest absolute Gasteiger partial charge is 0.468 e. The fourth-order valence-electron chi connectivity index (χ4n) is 1.10. The first-order chi connectivity index (χ1) is 4.75. The van der Waals surface area contributed by atoms with Crippen molar-refractivity contribution in [2.75, 3.05) is 13.7 Å². The first-order valence-corrected chi connectivity index (χ1v) is 3.26.